The molecule has 1 aromatic rings. The summed E-state index contributed by atoms with van der Waals surface area (Å²) in [6.45, 7) is 4.74. The lowest BCUT2D eigenvalue weighted by molar-refractivity contribution is -0.129. The van der Waals surface area contributed by atoms with Crippen molar-refractivity contribution in [3.8, 4) is 0 Å². The molecule has 0 aromatic carbocycles. The van der Waals surface area contributed by atoms with E-state index in [1.54, 1.807) is 11.0 Å². The summed E-state index contributed by atoms with van der Waals surface area (Å²) >= 11 is 0. The smallest absolute Gasteiger partial charge is 0.228 e. The van der Waals surface area contributed by atoms with Crippen molar-refractivity contribution in [2.75, 3.05) is 13.6 Å². The summed E-state index contributed by atoms with van der Waals surface area (Å²) in [5, 5.41) is 3.80. The second kappa shape index (κ2) is 5.53. The van der Waals surface area contributed by atoms with Gasteiger partial charge in [0.25, 0.3) is 0 Å². The number of hydrogen-bond donors (Lipinski definition) is 0. The normalized spacial score (nSPS) is 10.3. The van der Waals surface area contributed by atoms with Crippen LogP contribution in [0.1, 0.15) is 31.2 Å². The summed E-state index contributed by atoms with van der Waals surface area (Å²) in [6, 6.07) is 1.80. The molecule has 0 atom stereocenters. The first kappa shape index (κ1) is 11.8. The molecule has 0 radical (unpaired) electrons. The van der Waals surface area contributed by atoms with Gasteiger partial charge in [-0.15, -0.1) is 0 Å². The SMILES string of the molecule is CCCCN(C)C(=O)Cc1cc(C)on1. The van der Waals surface area contributed by atoms with Crippen LogP contribution in [0.4, 0.5) is 0 Å². The van der Waals surface area contributed by atoms with Gasteiger partial charge in [-0.2, -0.15) is 0 Å². The predicted molar refractivity (Wildman–Crippen MR) is 57.5 cm³/mol. The van der Waals surface area contributed by atoms with Crippen molar-refractivity contribution in [2.45, 2.75) is 33.1 Å². The van der Waals surface area contributed by atoms with Crippen LogP contribution >= 0.6 is 0 Å². The zero-order chi connectivity index (χ0) is 11.3. The first-order chi connectivity index (χ1) is 7.13. The maximum atomic E-state index is 11.7. The number of aryl methyl sites for hydroxylation is 1. The van der Waals surface area contributed by atoms with Crippen LogP contribution < -0.4 is 0 Å². The fraction of sp³-hybridized carbons (Fsp3) is 0.636. The van der Waals surface area contributed by atoms with Gasteiger partial charge in [0.2, 0.25) is 5.91 Å². The number of likely N-dealkylation sites (N-methyl/N-ethyl adjacent to an activating group) is 1. The van der Waals surface area contributed by atoms with E-state index < -0.39 is 0 Å². The minimum Gasteiger partial charge on any atom is -0.361 e. The molecule has 0 aliphatic rings. The van der Waals surface area contributed by atoms with E-state index in [1.165, 1.54) is 0 Å². The van der Waals surface area contributed by atoms with Gasteiger partial charge in [0.05, 0.1) is 12.1 Å². The Morgan fingerprint density at radius 3 is 2.87 bits per heavy atom. The highest BCUT2D eigenvalue weighted by Crippen LogP contribution is 2.04. The highest BCUT2D eigenvalue weighted by molar-refractivity contribution is 5.77. The summed E-state index contributed by atoms with van der Waals surface area (Å²) < 4.78 is 4.91. The van der Waals surface area contributed by atoms with Crippen molar-refractivity contribution in [1.29, 1.82) is 0 Å². The molecule has 0 fully saturated rings. The van der Waals surface area contributed by atoms with E-state index in [1.807, 2.05) is 14.0 Å². The number of amides is 1. The molecular formula is C11H18N2O2. The molecule has 1 aromatic heterocycles. The predicted octanol–water partition coefficient (Wildman–Crippen LogP) is 1.78. The van der Waals surface area contributed by atoms with Gasteiger partial charge in [-0.05, 0) is 13.3 Å². The first-order valence-corrected chi connectivity index (χ1v) is 5.29. The van der Waals surface area contributed by atoms with E-state index in [2.05, 4.69) is 12.1 Å². The standard InChI is InChI=1S/C11H18N2O2/c1-4-5-6-13(3)11(14)8-10-7-9(2)15-12-10/h7H,4-6,8H2,1-3H3. The van der Waals surface area contributed by atoms with Crippen molar-refractivity contribution in [3.63, 3.8) is 0 Å². The van der Waals surface area contributed by atoms with Crippen LogP contribution in [0, 0.1) is 6.92 Å². The molecular weight excluding hydrogens is 192 g/mol. The number of nitrogens with zero attached hydrogens (tertiary/aromatic N) is 2. The van der Waals surface area contributed by atoms with E-state index in [0.29, 0.717) is 12.1 Å². The van der Waals surface area contributed by atoms with Crippen molar-refractivity contribution in [2.24, 2.45) is 0 Å². The summed E-state index contributed by atoms with van der Waals surface area (Å²) in [7, 11) is 1.82. The number of aromatic nitrogens is 1. The Hall–Kier alpha value is -1.32. The average molecular weight is 210 g/mol. The van der Waals surface area contributed by atoms with Crippen LogP contribution in [-0.2, 0) is 11.2 Å². The van der Waals surface area contributed by atoms with E-state index in [4.69, 9.17) is 4.52 Å². The maximum absolute atomic E-state index is 11.7. The van der Waals surface area contributed by atoms with Crippen molar-refractivity contribution in [1.82, 2.24) is 10.1 Å². The third-order valence-electron chi connectivity index (χ3n) is 2.28. The molecule has 0 bridgehead atoms. The number of hydrogen-bond acceptors (Lipinski definition) is 3. The highest BCUT2D eigenvalue weighted by atomic mass is 16.5. The minimum absolute atomic E-state index is 0.0942. The van der Waals surface area contributed by atoms with E-state index in [0.717, 1.165) is 25.1 Å². The van der Waals surface area contributed by atoms with Gasteiger partial charge in [-0.3, -0.25) is 4.79 Å². The second-order valence-electron chi connectivity index (χ2n) is 3.77. The van der Waals surface area contributed by atoms with E-state index >= 15 is 0 Å². The quantitative estimate of drug-likeness (QED) is 0.744. The summed E-state index contributed by atoms with van der Waals surface area (Å²) in [4.78, 5) is 13.4. The Morgan fingerprint density at radius 1 is 1.60 bits per heavy atom. The Bertz CT molecular complexity index is 320. The Labute approximate surface area is 90.2 Å². The van der Waals surface area contributed by atoms with Gasteiger partial charge < -0.3 is 9.42 Å². The second-order valence-corrected chi connectivity index (χ2v) is 3.77. The molecule has 0 saturated heterocycles. The topological polar surface area (TPSA) is 46.3 Å². The third kappa shape index (κ3) is 3.73. The van der Waals surface area contributed by atoms with Crippen molar-refractivity contribution < 1.29 is 9.32 Å². The molecule has 15 heavy (non-hydrogen) atoms. The van der Waals surface area contributed by atoms with Gasteiger partial charge >= 0.3 is 0 Å². The van der Waals surface area contributed by atoms with Gasteiger partial charge in [0, 0.05) is 19.7 Å². The number of unbranched alkanes of at least 4 members (excludes halogenated alkanes) is 1. The van der Waals surface area contributed by atoms with Crippen LogP contribution in [-0.4, -0.2) is 29.6 Å². The molecule has 0 aliphatic carbocycles. The molecule has 0 spiro atoms. The van der Waals surface area contributed by atoms with Crippen LogP contribution in [0.3, 0.4) is 0 Å². The molecule has 0 N–H and O–H groups in total. The molecule has 0 unspecified atom stereocenters. The largest absolute Gasteiger partial charge is 0.361 e. The monoisotopic (exact) mass is 210 g/mol. The molecule has 84 valence electrons. The summed E-state index contributed by atoms with van der Waals surface area (Å²) in [6.07, 6.45) is 2.47. The number of carbonyl (C=O) groups excluding carboxylic acids is 1. The van der Waals surface area contributed by atoms with Crippen LogP contribution in [0.5, 0.6) is 0 Å². The van der Waals surface area contributed by atoms with Crippen LogP contribution in [0.15, 0.2) is 10.6 Å². The minimum atomic E-state index is 0.0942. The molecule has 0 aliphatic heterocycles. The maximum Gasteiger partial charge on any atom is 0.228 e. The van der Waals surface area contributed by atoms with Crippen LogP contribution in [0.25, 0.3) is 0 Å². The van der Waals surface area contributed by atoms with Gasteiger partial charge in [0.1, 0.15) is 5.76 Å². The zero-order valence-corrected chi connectivity index (χ0v) is 9.62. The Balaban J connectivity index is 2.41. The molecule has 1 rings (SSSR count). The molecule has 1 heterocycles. The molecule has 4 nitrogen and oxygen atoms in total. The van der Waals surface area contributed by atoms with Gasteiger partial charge in [0.15, 0.2) is 0 Å². The van der Waals surface area contributed by atoms with Gasteiger partial charge in [-0.1, -0.05) is 18.5 Å². The summed E-state index contributed by atoms with van der Waals surface area (Å²) in [5.41, 5.74) is 0.709. The van der Waals surface area contributed by atoms with Crippen molar-refractivity contribution in [3.05, 3.63) is 17.5 Å². The fourth-order valence-corrected chi connectivity index (χ4v) is 1.31. The van der Waals surface area contributed by atoms with E-state index in [-0.39, 0.29) is 5.91 Å². The molecule has 0 saturated carbocycles. The van der Waals surface area contributed by atoms with E-state index in [9.17, 15) is 4.79 Å². The third-order valence-corrected chi connectivity index (χ3v) is 2.28. The Kier molecular flexibility index (Phi) is 4.34. The Morgan fingerprint density at radius 2 is 2.33 bits per heavy atom. The fourth-order valence-electron chi connectivity index (χ4n) is 1.31. The summed E-state index contributed by atoms with van der Waals surface area (Å²) in [5.74, 6) is 0.839. The lowest BCUT2D eigenvalue weighted by Gasteiger charge is -2.15. The zero-order valence-electron chi connectivity index (χ0n) is 9.62. The first-order valence-electron chi connectivity index (χ1n) is 5.29. The van der Waals surface area contributed by atoms with Crippen molar-refractivity contribution >= 4 is 5.91 Å². The van der Waals surface area contributed by atoms with Gasteiger partial charge in [-0.25, -0.2) is 0 Å². The highest BCUT2D eigenvalue weighted by Gasteiger charge is 2.11. The number of carbonyl (C=O) groups is 1. The lowest BCUT2D eigenvalue weighted by atomic mass is 10.2. The molecule has 4 heteroatoms. The molecule has 1 amide bonds. The lowest BCUT2D eigenvalue weighted by Crippen LogP contribution is -2.29. The van der Waals surface area contributed by atoms with Crippen LogP contribution in [0.2, 0.25) is 0 Å². The number of rotatable bonds is 5. The average Bonchev–Trinajstić information content (AvgIpc) is 2.60.